The molecule has 1 aromatic rings. The Labute approximate surface area is 78.5 Å². The SMILES string of the molecule is ClCc1ccccc1.O=S([O-])O. The van der Waals surface area contributed by atoms with Crippen molar-refractivity contribution in [1.82, 2.24) is 0 Å². The number of benzene rings is 1. The molecule has 5 heteroatoms. The van der Waals surface area contributed by atoms with Gasteiger partial charge in [0.1, 0.15) is 0 Å². The minimum absolute atomic E-state index is 0.612. The number of rotatable bonds is 1. The van der Waals surface area contributed by atoms with Gasteiger partial charge >= 0.3 is 0 Å². The zero-order chi connectivity index (χ0) is 9.40. The van der Waals surface area contributed by atoms with Crippen LogP contribution in [0.3, 0.4) is 0 Å². The number of halogens is 1. The van der Waals surface area contributed by atoms with Gasteiger partial charge in [0.05, 0.1) is 11.4 Å². The molecule has 0 aliphatic heterocycles. The molecule has 0 radical (unpaired) electrons. The van der Waals surface area contributed by atoms with E-state index in [1.165, 1.54) is 5.56 Å². The molecule has 0 saturated carbocycles. The van der Waals surface area contributed by atoms with Crippen molar-refractivity contribution in [3.8, 4) is 0 Å². The van der Waals surface area contributed by atoms with Crippen molar-refractivity contribution in [3.63, 3.8) is 0 Å². The standard InChI is InChI=1S/C7H7Cl.H2O3S/c8-6-7-4-2-1-3-5-7;1-4(2)3/h1-5H,6H2;(H2,1,2,3)/p-1. The zero-order valence-electron chi connectivity index (χ0n) is 6.14. The third-order valence-electron chi connectivity index (χ3n) is 0.997. The zero-order valence-corrected chi connectivity index (χ0v) is 7.72. The predicted molar refractivity (Wildman–Crippen MR) is 47.5 cm³/mol. The molecule has 1 unspecified atom stereocenters. The lowest BCUT2D eigenvalue weighted by molar-refractivity contribution is 0.436. The van der Waals surface area contributed by atoms with E-state index in [0.29, 0.717) is 5.88 Å². The lowest BCUT2D eigenvalue weighted by Gasteiger charge is -1.88. The van der Waals surface area contributed by atoms with E-state index in [0.717, 1.165) is 0 Å². The van der Waals surface area contributed by atoms with Gasteiger partial charge in [-0.05, 0) is 5.56 Å². The Kier molecular flexibility index (Phi) is 6.99. The van der Waals surface area contributed by atoms with E-state index in [1.807, 2.05) is 30.3 Å². The molecule has 0 fully saturated rings. The first-order valence-corrected chi connectivity index (χ1v) is 4.61. The predicted octanol–water partition coefficient (Wildman–Crippen LogP) is 1.76. The Morgan fingerprint density at radius 1 is 1.42 bits per heavy atom. The normalized spacial score (nSPS) is 11.2. The smallest absolute Gasteiger partial charge is 0.0814 e. The molecule has 1 N–H and O–H groups in total. The van der Waals surface area contributed by atoms with E-state index in [4.69, 9.17) is 24.9 Å². The highest BCUT2D eigenvalue weighted by atomic mass is 35.5. The fourth-order valence-corrected chi connectivity index (χ4v) is 0.745. The van der Waals surface area contributed by atoms with E-state index >= 15 is 0 Å². The highest BCUT2D eigenvalue weighted by Gasteiger charge is 1.81. The summed E-state index contributed by atoms with van der Waals surface area (Å²) in [6.45, 7) is 0. The fraction of sp³-hybridized carbons (Fsp3) is 0.143. The molecule has 0 saturated heterocycles. The first kappa shape index (κ1) is 11.6. The minimum Gasteiger partial charge on any atom is -0.750 e. The first-order chi connectivity index (χ1) is 5.66. The van der Waals surface area contributed by atoms with Crippen molar-refractivity contribution in [3.05, 3.63) is 35.9 Å². The molecule has 12 heavy (non-hydrogen) atoms. The Hall–Kier alpha value is -0.420. The second-order valence-electron chi connectivity index (χ2n) is 1.84. The molecule has 1 aromatic carbocycles. The highest BCUT2D eigenvalue weighted by molar-refractivity contribution is 7.73. The van der Waals surface area contributed by atoms with Crippen LogP contribution in [0.4, 0.5) is 0 Å². The average molecular weight is 208 g/mol. The van der Waals surface area contributed by atoms with Crippen LogP contribution in [0.2, 0.25) is 0 Å². The van der Waals surface area contributed by atoms with Gasteiger partial charge in [-0.15, -0.1) is 11.6 Å². The van der Waals surface area contributed by atoms with Crippen LogP contribution in [0.25, 0.3) is 0 Å². The topological polar surface area (TPSA) is 60.4 Å². The van der Waals surface area contributed by atoms with Gasteiger partial charge in [-0.3, -0.25) is 0 Å². The largest absolute Gasteiger partial charge is 0.750 e. The first-order valence-electron chi connectivity index (χ1n) is 3.05. The summed E-state index contributed by atoms with van der Waals surface area (Å²) in [5.41, 5.74) is 1.18. The molecular formula is C7H8ClO3S-. The van der Waals surface area contributed by atoms with Crippen LogP contribution in [0.1, 0.15) is 5.56 Å². The summed E-state index contributed by atoms with van der Waals surface area (Å²) < 4.78 is 24.1. The van der Waals surface area contributed by atoms with Crippen molar-refractivity contribution in [2.75, 3.05) is 0 Å². The summed E-state index contributed by atoms with van der Waals surface area (Å²) in [4.78, 5) is 0. The van der Waals surface area contributed by atoms with E-state index in [9.17, 15) is 0 Å². The molecular weight excluding hydrogens is 200 g/mol. The van der Waals surface area contributed by atoms with Gasteiger partial charge in [0.25, 0.3) is 0 Å². The van der Waals surface area contributed by atoms with Crippen molar-refractivity contribution in [1.29, 1.82) is 0 Å². The molecule has 1 atom stereocenters. The summed E-state index contributed by atoms with van der Waals surface area (Å²) in [6, 6.07) is 9.96. The molecule has 0 spiro atoms. The van der Waals surface area contributed by atoms with Crippen LogP contribution in [-0.4, -0.2) is 13.3 Å². The molecule has 0 aromatic heterocycles. The van der Waals surface area contributed by atoms with Crippen molar-refractivity contribution in [2.45, 2.75) is 5.88 Å². The van der Waals surface area contributed by atoms with E-state index in [-0.39, 0.29) is 0 Å². The van der Waals surface area contributed by atoms with E-state index in [1.54, 1.807) is 0 Å². The van der Waals surface area contributed by atoms with Gasteiger partial charge in [-0.2, -0.15) is 0 Å². The van der Waals surface area contributed by atoms with Crippen LogP contribution < -0.4 is 0 Å². The van der Waals surface area contributed by atoms with Crippen LogP contribution in [-0.2, 0) is 17.2 Å². The van der Waals surface area contributed by atoms with Crippen LogP contribution in [0.5, 0.6) is 0 Å². The molecule has 0 heterocycles. The van der Waals surface area contributed by atoms with Gasteiger partial charge in [0, 0.05) is 5.88 Å². The second-order valence-corrected chi connectivity index (χ2v) is 2.54. The molecule has 3 nitrogen and oxygen atoms in total. The third kappa shape index (κ3) is 7.68. The van der Waals surface area contributed by atoms with Gasteiger partial charge < -0.3 is 9.11 Å². The number of hydrogen-bond acceptors (Lipinski definition) is 2. The van der Waals surface area contributed by atoms with E-state index in [2.05, 4.69) is 0 Å². The monoisotopic (exact) mass is 207 g/mol. The maximum Gasteiger partial charge on any atom is 0.0814 e. The molecule has 0 bridgehead atoms. The Morgan fingerprint density at radius 3 is 2.08 bits per heavy atom. The van der Waals surface area contributed by atoms with Gasteiger partial charge in [-0.25, -0.2) is 4.21 Å². The highest BCUT2D eigenvalue weighted by Crippen LogP contribution is 2.00. The summed E-state index contributed by atoms with van der Waals surface area (Å²) in [7, 11) is 0. The fourth-order valence-electron chi connectivity index (χ4n) is 0.567. The lowest BCUT2D eigenvalue weighted by Crippen LogP contribution is -1.75. The van der Waals surface area contributed by atoms with Gasteiger partial charge in [-0.1, -0.05) is 30.3 Å². The maximum atomic E-state index is 8.56. The average Bonchev–Trinajstić information content (AvgIpc) is 2.05. The second kappa shape index (κ2) is 7.24. The lowest BCUT2D eigenvalue weighted by atomic mass is 10.2. The summed E-state index contributed by atoms with van der Waals surface area (Å²) in [5.74, 6) is 0.612. The Morgan fingerprint density at radius 2 is 1.83 bits per heavy atom. The van der Waals surface area contributed by atoms with Crippen molar-refractivity contribution in [2.24, 2.45) is 0 Å². The van der Waals surface area contributed by atoms with Crippen molar-refractivity contribution >= 4 is 23.0 Å². The molecule has 0 aliphatic rings. The Balaban J connectivity index is 0.000000261. The molecule has 0 amide bonds. The van der Waals surface area contributed by atoms with Gasteiger partial charge in [0.2, 0.25) is 0 Å². The van der Waals surface area contributed by atoms with Crippen LogP contribution >= 0.6 is 11.6 Å². The maximum absolute atomic E-state index is 8.56. The van der Waals surface area contributed by atoms with Crippen LogP contribution in [0, 0.1) is 0 Å². The quantitative estimate of drug-likeness (QED) is 0.564. The molecule has 1 rings (SSSR count). The van der Waals surface area contributed by atoms with Crippen LogP contribution in [0.15, 0.2) is 30.3 Å². The minimum atomic E-state index is -2.86. The molecule has 68 valence electrons. The Bertz CT molecular complexity index is 223. The number of hydrogen-bond donors (Lipinski definition) is 1. The summed E-state index contributed by atoms with van der Waals surface area (Å²) in [5, 5.41) is 0. The number of alkyl halides is 1. The summed E-state index contributed by atoms with van der Waals surface area (Å²) in [6.07, 6.45) is 0. The summed E-state index contributed by atoms with van der Waals surface area (Å²) >= 11 is 2.67. The third-order valence-corrected chi connectivity index (χ3v) is 1.31. The van der Waals surface area contributed by atoms with Crippen molar-refractivity contribution < 1.29 is 13.3 Å². The van der Waals surface area contributed by atoms with E-state index < -0.39 is 11.4 Å². The van der Waals surface area contributed by atoms with Gasteiger partial charge in [0.15, 0.2) is 0 Å². The molecule has 0 aliphatic carbocycles.